The average molecular weight is 191 g/mol. The molecular formula is C13H12LiO. The molecular weight excluding hydrogens is 179 g/mol. The Morgan fingerprint density at radius 3 is 1.87 bits per heavy atom. The van der Waals surface area contributed by atoms with Crippen molar-refractivity contribution in [3.63, 3.8) is 0 Å². The third-order valence-corrected chi connectivity index (χ3v) is 2.19. The van der Waals surface area contributed by atoms with E-state index < -0.39 is 0 Å². The summed E-state index contributed by atoms with van der Waals surface area (Å²) in [6, 6.07) is 17.6. The van der Waals surface area contributed by atoms with Gasteiger partial charge in [-0.05, 0) is 29.7 Å². The topological polar surface area (TPSA) is 20.2 Å². The normalized spacial score (nSPS) is 9.33. The average Bonchev–Trinajstić information content (AvgIpc) is 2.23. The third-order valence-electron chi connectivity index (χ3n) is 2.19. The van der Waals surface area contributed by atoms with Crippen LogP contribution in [0.1, 0.15) is 11.1 Å². The van der Waals surface area contributed by atoms with Gasteiger partial charge in [0.05, 0.1) is 0 Å². The molecule has 0 spiro atoms. The van der Waals surface area contributed by atoms with Gasteiger partial charge in [0.15, 0.2) is 0 Å². The summed E-state index contributed by atoms with van der Waals surface area (Å²) in [5.74, 6) is 0.321. The van der Waals surface area contributed by atoms with Crippen molar-refractivity contribution in [2.45, 2.75) is 6.42 Å². The molecule has 2 rings (SSSR count). The van der Waals surface area contributed by atoms with Gasteiger partial charge in [-0.25, -0.2) is 0 Å². The van der Waals surface area contributed by atoms with Crippen LogP contribution in [0.5, 0.6) is 5.75 Å². The van der Waals surface area contributed by atoms with Gasteiger partial charge in [-0.2, -0.15) is 0 Å². The molecule has 0 unspecified atom stereocenters. The van der Waals surface area contributed by atoms with Crippen LogP contribution in [0.15, 0.2) is 54.6 Å². The standard InChI is InChI=1S/C13H12O.Li/c14-13-8-6-12(7-9-13)10-11-4-2-1-3-5-11;/h1-9,14H,10H2;. The molecule has 0 fully saturated rings. The van der Waals surface area contributed by atoms with Crippen LogP contribution in [0.25, 0.3) is 0 Å². The van der Waals surface area contributed by atoms with Gasteiger partial charge in [0.2, 0.25) is 0 Å². The van der Waals surface area contributed by atoms with Gasteiger partial charge < -0.3 is 5.11 Å². The summed E-state index contributed by atoms with van der Waals surface area (Å²) < 4.78 is 0. The van der Waals surface area contributed by atoms with Crippen molar-refractivity contribution in [2.24, 2.45) is 0 Å². The number of rotatable bonds is 2. The maximum Gasteiger partial charge on any atom is 0.115 e. The first-order chi connectivity index (χ1) is 6.84. The minimum absolute atomic E-state index is 0. The molecule has 1 radical (unpaired) electrons. The van der Waals surface area contributed by atoms with Gasteiger partial charge >= 0.3 is 0 Å². The second-order valence-electron chi connectivity index (χ2n) is 3.33. The summed E-state index contributed by atoms with van der Waals surface area (Å²) in [5.41, 5.74) is 2.51. The van der Waals surface area contributed by atoms with Crippen molar-refractivity contribution in [1.82, 2.24) is 0 Å². The number of phenolic OH excluding ortho intramolecular Hbond substituents is 1. The molecule has 0 aromatic heterocycles. The second-order valence-corrected chi connectivity index (χ2v) is 3.33. The molecule has 1 N–H and O–H groups in total. The van der Waals surface area contributed by atoms with E-state index in [0.29, 0.717) is 5.75 Å². The monoisotopic (exact) mass is 191 g/mol. The molecule has 0 bridgehead atoms. The Balaban J connectivity index is 0.00000112. The van der Waals surface area contributed by atoms with Crippen LogP contribution in [-0.2, 0) is 6.42 Å². The van der Waals surface area contributed by atoms with Crippen molar-refractivity contribution >= 4 is 18.9 Å². The molecule has 1 nitrogen and oxygen atoms in total. The largest absolute Gasteiger partial charge is 0.508 e. The molecule has 0 aliphatic rings. The molecule has 0 aliphatic carbocycles. The predicted molar refractivity (Wildman–Crippen MR) is 63.1 cm³/mol. The summed E-state index contributed by atoms with van der Waals surface area (Å²) in [6.45, 7) is 0. The maximum absolute atomic E-state index is 9.12. The molecule has 0 saturated heterocycles. The van der Waals surface area contributed by atoms with Crippen molar-refractivity contribution in [3.05, 3.63) is 65.7 Å². The van der Waals surface area contributed by atoms with Crippen LogP contribution in [0.4, 0.5) is 0 Å². The Kier molecular flexibility index (Phi) is 4.49. The number of aromatic hydroxyl groups is 1. The molecule has 2 aromatic carbocycles. The fourth-order valence-corrected chi connectivity index (χ4v) is 1.45. The van der Waals surface area contributed by atoms with Crippen LogP contribution in [-0.4, -0.2) is 24.0 Å². The predicted octanol–water partition coefficient (Wildman–Crippen LogP) is 2.60. The second kappa shape index (κ2) is 5.65. The first-order valence-electron chi connectivity index (χ1n) is 4.66. The van der Waals surface area contributed by atoms with Gasteiger partial charge in [-0.3, -0.25) is 0 Å². The molecule has 0 amide bonds. The van der Waals surface area contributed by atoms with Crippen molar-refractivity contribution < 1.29 is 5.11 Å². The van der Waals surface area contributed by atoms with E-state index in [4.69, 9.17) is 5.11 Å². The minimum atomic E-state index is 0. The molecule has 0 aliphatic heterocycles. The minimum Gasteiger partial charge on any atom is -0.508 e. The number of phenols is 1. The van der Waals surface area contributed by atoms with E-state index in [2.05, 4.69) is 12.1 Å². The molecule has 2 heteroatoms. The van der Waals surface area contributed by atoms with Gasteiger partial charge in [0.1, 0.15) is 5.75 Å². The fraction of sp³-hybridized carbons (Fsp3) is 0.0769. The Morgan fingerprint density at radius 2 is 1.27 bits per heavy atom. The van der Waals surface area contributed by atoms with Gasteiger partial charge in [0, 0.05) is 18.9 Å². The molecule has 0 atom stereocenters. The summed E-state index contributed by atoms with van der Waals surface area (Å²) in [6.07, 6.45) is 0.918. The Morgan fingerprint density at radius 1 is 0.733 bits per heavy atom. The van der Waals surface area contributed by atoms with E-state index in [0.717, 1.165) is 6.42 Å². The molecule has 15 heavy (non-hydrogen) atoms. The van der Waals surface area contributed by atoms with Crippen LogP contribution < -0.4 is 0 Å². The van der Waals surface area contributed by atoms with Crippen molar-refractivity contribution in [1.29, 1.82) is 0 Å². The third kappa shape index (κ3) is 3.47. The molecule has 71 valence electrons. The fourth-order valence-electron chi connectivity index (χ4n) is 1.45. The molecule has 2 aromatic rings. The van der Waals surface area contributed by atoms with Gasteiger partial charge in [0.25, 0.3) is 0 Å². The zero-order valence-corrected chi connectivity index (χ0v) is 8.85. The van der Waals surface area contributed by atoms with E-state index in [1.165, 1.54) is 11.1 Å². The maximum atomic E-state index is 9.12. The van der Waals surface area contributed by atoms with E-state index in [1.54, 1.807) is 12.1 Å². The number of benzene rings is 2. The molecule has 0 saturated carbocycles. The van der Waals surface area contributed by atoms with Crippen LogP contribution in [0.3, 0.4) is 0 Å². The van der Waals surface area contributed by atoms with E-state index in [9.17, 15) is 0 Å². The van der Waals surface area contributed by atoms with Gasteiger partial charge in [-0.1, -0.05) is 42.5 Å². The summed E-state index contributed by atoms with van der Waals surface area (Å²) in [4.78, 5) is 0. The smallest absolute Gasteiger partial charge is 0.115 e. The van der Waals surface area contributed by atoms with Crippen molar-refractivity contribution in [2.75, 3.05) is 0 Å². The number of hydrogen-bond donors (Lipinski definition) is 1. The summed E-state index contributed by atoms with van der Waals surface area (Å²) in [5, 5.41) is 9.12. The summed E-state index contributed by atoms with van der Waals surface area (Å²) >= 11 is 0. The first-order valence-corrected chi connectivity index (χ1v) is 4.66. The summed E-state index contributed by atoms with van der Waals surface area (Å²) in [7, 11) is 0. The quantitative estimate of drug-likeness (QED) is 0.723. The van der Waals surface area contributed by atoms with E-state index >= 15 is 0 Å². The van der Waals surface area contributed by atoms with Crippen LogP contribution in [0.2, 0.25) is 0 Å². The SMILES string of the molecule is Oc1ccc(Cc2ccccc2)cc1.[Li]. The van der Waals surface area contributed by atoms with Gasteiger partial charge in [-0.15, -0.1) is 0 Å². The first kappa shape index (κ1) is 11.9. The zero-order valence-electron chi connectivity index (χ0n) is 8.85. The zero-order chi connectivity index (χ0) is 9.80. The Hall–Kier alpha value is -1.16. The Bertz CT molecular complexity index is 395. The van der Waals surface area contributed by atoms with E-state index in [1.807, 2.05) is 30.3 Å². The molecule has 0 heterocycles. The van der Waals surface area contributed by atoms with E-state index in [-0.39, 0.29) is 18.9 Å². The van der Waals surface area contributed by atoms with Crippen LogP contribution >= 0.6 is 0 Å². The van der Waals surface area contributed by atoms with Crippen molar-refractivity contribution in [3.8, 4) is 5.75 Å². The number of hydrogen-bond acceptors (Lipinski definition) is 1. The Labute approximate surface area is 102 Å². The van der Waals surface area contributed by atoms with Crippen LogP contribution in [0, 0.1) is 0 Å².